The molecule has 78 valence electrons. The standard InChI is InChI=1S/C12H15N3/c1-3-4-5-11-7-6-10-8-13-9(2)14-12(10)15-11/h6-8H,3-5H2,1-2H3. The first-order valence-corrected chi connectivity index (χ1v) is 5.39. The first-order chi connectivity index (χ1) is 7.29. The monoisotopic (exact) mass is 201 g/mol. The Morgan fingerprint density at radius 1 is 1.20 bits per heavy atom. The summed E-state index contributed by atoms with van der Waals surface area (Å²) in [5.74, 6) is 0.780. The van der Waals surface area contributed by atoms with Crippen LogP contribution in [0, 0.1) is 6.92 Å². The van der Waals surface area contributed by atoms with Gasteiger partial charge in [0.25, 0.3) is 0 Å². The zero-order chi connectivity index (χ0) is 10.7. The van der Waals surface area contributed by atoms with Gasteiger partial charge in [-0.15, -0.1) is 0 Å². The van der Waals surface area contributed by atoms with E-state index < -0.39 is 0 Å². The van der Waals surface area contributed by atoms with Gasteiger partial charge in [-0.2, -0.15) is 0 Å². The van der Waals surface area contributed by atoms with Crippen molar-refractivity contribution in [1.29, 1.82) is 0 Å². The third kappa shape index (κ3) is 2.29. The maximum absolute atomic E-state index is 4.52. The summed E-state index contributed by atoms with van der Waals surface area (Å²) in [6.45, 7) is 4.08. The highest BCUT2D eigenvalue weighted by molar-refractivity contribution is 5.73. The molecule has 2 rings (SSSR count). The van der Waals surface area contributed by atoms with E-state index in [1.807, 2.05) is 19.2 Å². The van der Waals surface area contributed by atoms with E-state index >= 15 is 0 Å². The van der Waals surface area contributed by atoms with Gasteiger partial charge in [0.05, 0.1) is 0 Å². The number of aromatic nitrogens is 3. The molecule has 0 spiro atoms. The highest BCUT2D eigenvalue weighted by Gasteiger charge is 2.00. The van der Waals surface area contributed by atoms with Crippen LogP contribution in [0.1, 0.15) is 31.3 Å². The molecule has 2 aromatic heterocycles. The minimum atomic E-state index is 0.780. The lowest BCUT2D eigenvalue weighted by atomic mass is 10.2. The Kier molecular flexibility index (Phi) is 2.90. The number of nitrogens with zero attached hydrogens (tertiary/aromatic N) is 3. The first-order valence-electron chi connectivity index (χ1n) is 5.39. The number of aryl methyl sites for hydroxylation is 2. The van der Waals surface area contributed by atoms with E-state index in [2.05, 4.69) is 27.9 Å². The molecule has 2 heterocycles. The summed E-state index contributed by atoms with van der Waals surface area (Å²) in [5, 5.41) is 1.01. The van der Waals surface area contributed by atoms with Crippen LogP contribution >= 0.6 is 0 Å². The summed E-state index contributed by atoms with van der Waals surface area (Å²) in [6.07, 6.45) is 5.24. The van der Waals surface area contributed by atoms with E-state index in [0.717, 1.165) is 29.0 Å². The smallest absolute Gasteiger partial charge is 0.163 e. The molecule has 0 saturated carbocycles. The zero-order valence-electron chi connectivity index (χ0n) is 9.20. The van der Waals surface area contributed by atoms with E-state index in [4.69, 9.17) is 0 Å². The van der Waals surface area contributed by atoms with E-state index in [1.54, 1.807) is 0 Å². The van der Waals surface area contributed by atoms with Crippen molar-refractivity contribution in [1.82, 2.24) is 15.0 Å². The van der Waals surface area contributed by atoms with Crippen molar-refractivity contribution >= 4 is 11.0 Å². The van der Waals surface area contributed by atoms with Gasteiger partial charge >= 0.3 is 0 Å². The highest BCUT2D eigenvalue weighted by Crippen LogP contribution is 2.10. The lowest BCUT2D eigenvalue weighted by molar-refractivity contribution is 0.778. The largest absolute Gasteiger partial charge is 0.241 e. The second-order valence-corrected chi connectivity index (χ2v) is 3.74. The van der Waals surface area contributed by atoms with Gasteiger partial charge < -0.3 is 0 Å². The molecule has 0 aliphatic carbocycles. The van der Waals surface area contributed by atoms with Gasteiger partial charge in [-0.3, -0.25) is 0 Å². The number of hydrogen-bond acceptors (Lipinski definition) is 3. The van der Waals surface area contributed by atoms with Crippen molar-refractivity contribution in [2.24, 2.45) is 0 Å². The van der Waals surface area contributed by atoms with Crippen molar-refractivity contribution < 1.29 is 0 Å². The summed E-state index contributed by atoms with van der Waals surface area (Å²) >= 11 is 0. The van der Waals surface area contributed by atoms with E-state index in [-0.39, 0.29) is 0 Å². The molecule has 0 unspecified atom stereocenters. The first kappa shape index (κ1) is 10.0. The molecule has 0 aliphatic heterocycles. The summed E-state index contributed by atoms with van der Waals surface area (Å²) in [5.41, 5.74) is 1.94. The molecule has 0 radical (unpaired) electrons. The molecule has 0 aliphatic rings. The maximum Gasteiger partial charge on any atom is 0.163 e. The molecule has 0 bridgehead atoms. The van der Waals surface area contributed by atoms with E-state index in [0.29, 0.717) is 0 Å². The molecule has 15 heavy (non-hydrogen) atoms. The molecule has 0 fully saturated rings. The molecule has 2 aromatic rings. The van der Waals surface area contributed by atoms with Crippen molar-refractivity contribution in [2.75, 3.05) is 0 Å². The third-order valence-electron chi connectivity index (χ3n) is 2.41. The van der Waals surface area contributed by atoms with Gasteiger partial charge in [0.1, 0.15) is 5.82 Å². The van der Waals surface area contributed by atoms with Crippen molar-refractivity contribution in [3.63, 3.8) is 0 Å². The van der Waals surface area contributed by atoms with Crippen LogP contribution in [0.4, 0.5) is 0 Å². The predicted molar refractivity (Wildman–Crippen MR) is 60.7 cm³/mol. The molecule has 0 amide bonds. The lowest BCUT2D eigenvalue weighted by Gasteiger charge is -2.01. The average Bonchev–Trinajstić information content (AvgIpc) is 2.25. The second kappa shape index (κ2) is 4.34. The molecule has 0 saturated heterocycles. The number of fused-ring (bicyclic) bond motifs is 1. The molecular formula is C12H15N3. The summed E-state index contributed by atoms with van der Waals surface area (Å²) < 4.78 is 0. The van der Waals surface area contributed by atoms with Gasteiger partial charge in [0.15, 0.2) is 5.65 Å². The number of pyridine rings is 1. The maximum atomic E-state index is 4.52. The Morgan fingerprint density at radius 2 is 2.07 bits per heavy atom. The topological polar surface area (TPSA) is 38.7 Å². The van der Waals surface area contributed by atoms with Crippen LogP contribution in [0.3, 0.4) is 0 Å². The fourth-order valence-corrected chi connectivity index (χ4v) is 1.53. The molecule has 3 heteroatoms. The SMILES string of the molecule is CCCCc1ccc2cnc(C)nc2n1. The van der Waals surface area contributed by atoms with Crippen LogP contribution in [0.15, 0.2) is 18.3 Å². The quantitative estimate of drug-likeness (QED) is 0.766. The van der Waals surface area contributed by atoms with E-state index in [9.17, 15) is 0 Å². The fourth-order valence-electron chi connectivity index (χ4n) is 1.53. The summed E-state index contributed by atoms with van der Waals surface area (Å²) in [4.78, 5) is 13.0. The predicted octanol–water partition coefficient (Wildman–Crippen LogP) is 2.68. The van der Waals surface area contributed by atoms with E-state index in [1.165, 1.54) is 12.8 Å². The van der Waals surface area contributed by atoms with Crippen molar-refractivity contribution in [2.45, 2.75) is 33.1 Å². The molecule has 0 aromatic carbocycles. The average molecular weight is 201 g/mol. The van der Waals surface area contributed by atoms with Gasteiger partial charge in [0, 0.05) is 17.3 Å². The second-order valence-electron chi connectivity index (χ2n) is 3.74. The van der Waals surface area contributed by atoms with Gasteiger partial charge in [-0.1, -0.05) is 13.3 Å². The van der Waals surface area contributed by atoms with Crippen LogP contribution in [0.2, 0.25) is 0 Å². The molecular weight excluding hydrogens is 186 g/mol. The normalized spacial score (nSPS) is 10.8. The van der Waals surface area contributed by atoms with Crippen molar-refractivity contribution in [3.8, 4) is 0 Å². The van der Waals surface area contributed by atoms with Crippen LogP contribution < -0.4 is 0 Å². The Labute approximate surface area is 89.6 Å². The lowest BCUT2D eigenvalue weighted by Crippen LogP contribution is -1.95. The minimum absolute atomic E-state index is 0.780. The third-order valence-corrected chi connectivity index (χ3v) is 2.41. The summed E-state index contributed by atoms with van der Waals surface area (Å²) in [6, 6.07) is 4.11. The Balaban J connectivity index is 2.36. The highest BCUT2D eigenvalue weighted by atomic mass is 14.9. The molecule has 0 atom stereocenters. The van der Waals surface area contributed by atoms with Crippen molar-refractivity contribution in [3.05, 3.63) is 29.8 Å². The number of hydrogen-bond donors (Lipinski definition) is 0. The Hall–Kier alpha value is -1.51. The van der Waals surface area contributed by atoms with Crippen LogP contribution in [0.5, 0.6) is 0 Å². The zero-order valence-corrected chi connectivity index (χ0v) is 9.20. The molecule has 3 nitrogen and oxygen atoms in total. The number of unbranched alkanes of at least 4 members (excludes halogenated alkanes) is 1. The fraction of sp³-hybridized carbons (Fsp3) is 0.417. The van der Waals surface area contributed by atoms with Gasteiger partial charge in [0.2, 0.25) is 0 Å². The van der Waals surface area contributed by atoms with Crippen LogP contribution in [-0.4, -0.2) is 15.0 Å². The van der Waals surface area contributed by atoms with Crippen LogP contribution in [-0.2, 0) is 6.42 Å². The minimum Gasteiger partial charge on any atom is -0.241 e. The Morgan fingerprint density at radius 3 is 2.87 bits per heavy atom. The van der Waals surface area contributed by atoms with Gasteiger partial charge in [-0.05, 0) is 31.9 Å². The van der Waals surface area contributed by atoms with Crippen LogP contribution in [0.25, 0.3) is 11.0 Å². The van der Waals surface area contributed by atoms with Gasteiger partial charge in [-0.25, -0.2) is 15.0 Å². The summed E-state index contributed by atoms with van der Waals surface area (Å²) in [7, 11) is 0. The Bertz CT molecular complexity index is 465. The molecule has 0 N–H and O–H groups in total. The number of rotatable bonds is 3.